The summed E-state index contributed by atoms with van der Waals surface area (Å²) in [6, 6.07) is 6.69. The topological polar surface area (TPSA) is 52.6 Å². The molecule has 0 radical (unpaired) electrons. The highest BCUT2D eigenvalue weighted by molar-refractivity contribution is 7.87. The van der Waals surface area contributed by atoms with E-state index in [1.165, 1.54) is 19.2 Å². The van der Waals surface area contributed by atoms with Crippen LogP contribution in [0.2, 0.25) is 5.02 Å². The Bertz CT molecular complexity index is 864. The van der Waals surface area contributed by atoms with Gasteiger partial charge < -0.3 is 8.92 Å². The molecule has 2 rings (SSSR count). The van der Waals surface area contributed by atoms with Gasteiger partial charge in [0.1, 0.15) is 4.90 Å². The highest BCUT2D eigenvalue weighted by Crippen LogP contribution is 2.37. The Morgan fingerprint density at radius 2 is 1.71 bits per heavy atom. The smallest absolute Gasteiger partial charge is 0.417 e. The summed E-state index contributed by atoms with van der Waals surface area (Å²) in [4.78, 5) is -0.665. The molecule has 0 aromatic heterocycles. The number of rotatable bonds is 4. The summed E-state index contributed by atoms with van der Waals surface area (Å²) >= 11 is 5.48. The Labute approximate surface area is 141 Å². The molecule has 2 aromatic carbocycles. The van der Waals surface area contributed by atoms with Crippen LogP contribution in [0.4, 0.5) is 13.2 Å². The van der Waals surface area contributed by atoms with Gasteiger partial charge in [-0.1, -0.05) is 17.7 Å². The molecule has 0 saturated carbocycles. The molecule has 0 saturated heterocycles. The van der Waals surface area contributed by atoms with Crippen molar-refractivity contribution in [2.45, 2.75) is 18.0 Å². The van der Waals surface area contributed by atoms with E-state index in [4.69, 9.17) is 20.5 Å². The van der Waals surface area contributed by atoms with Crippen molar-refractivity contribution in [2.24, 2.45) is 0 Å². The van der Waals surface area contributed by atoms with Gasteiger partial charge in [0.25, 0.3) is 0 Å². The molecule has 0 heterocycles. The predicted octanol–water partition coefficient (Wildman–Crippen LogP) is 4.44. The molecule has 2 aromatic rings. The van der Waals surface area contributed by atoms with E-state index in [0.717, 1.165) is 17.7 Å². The first-order valence-corrected chi connectivity index (χ1v) is 8.29. The fourth-order valence-electron chi connectivity index (χ4n) is 1.89. The van der Waals surface area contributed by atoms with Gasteiger partial charge in [-0.3, -0.25) is 0 Å². The summed E-state index contributed by atoms with van der Waals surface area (Å²) in [6.45, 7) is 1.76. The first-order valence-electron chi connectivity index (χ1n) is 6.50. The minimum atomic E-state index is -4.79. The molecule has 0 fully saturated rings. The fraction of sp³-hybridized carbons (Fsp3) is 0.200. The molecular formula is C15H12ClF3O4S. The average molecular weight is 381 g/mol. The summed E-state index contributed by atoms with van der Waals surface area (Å²) in [5.41, 5.74) is -0.466. The van der Waals surface area contributed by atoms with Gasteiger partial charge in [-0.05, 0) is 42.8 Å². The third-order valence-electron chi connectivity index (χ3n) is 3.05. The van der Waals surface area contributed by atoms with Gasteiger partial charge in [-0.2, -0.15) is 21.6 Å². The SMILES string of the molecule is COc1cc(C)ccc1OS(=O)(=O)c1ccc(Cl)c(C(F)(F)F)c1. The van der Waals surface area contributed by atoms with Crippen molar-refractivity contribution in [3.05, 3.63) is 52.5 Å². The van der Waals surface area contributed by atoms with Gasteiger partial charge in [-0.15, -0.1) is 0 Å². The van der Waals surface area contributed by atoms with E-state index < -0.39 is 31.8 Å². The standard InChI is InChI=1S/C15H12ClF3O4S/c1-9-3-6-13(14(7-9)22-2)23-24(20,21)10-4-5-12(16)11(8-10)15(17,18)19/h3-8H,1-2H3. The van der Waals surface area contributed by atoms with Gasteiger partial charge in [0.05, 0.1) is 17.7 Å². The van der Waals surface area contributed by atoms with Crippen LogP contribution < -0.4 is 8.92 Å². The van der Waals surface area contributed by atoms with Crippen LogP contribution in [0.15, 0.2) is 41.3 Å². The number of alkyl halides is 3. The molecule has 0 N–H and O–H groups in total. The minimum Gasteiger partial charge on any atom is -0.493 e. The molecule has 24 heavy (non-hydrogen) atoms. The van der Waals surface area contributed by atoms with E-state index in [1.807, 2.05) is 0 Å². The molecule has 4 nitrogen and oxygen atoms in total. The average Bonchev–Trinajstić information content (AvgIpc) is 2.47. The lowest BCUT2D eigenvalue weighted by Crippen LogP contribution is -2.13. The first kappa shape index (κ1) is 18.4. The van der Waals surface area contributed by atoms with Crippen molar-refractivity contribution in [2.75, 3.05) is 7.11 Å². The molecule has 0 aliphatic carbocycles. The van der Waals surface area contributed by atoms with Gasteiger partial charge in [-0.25, -0.2) is 0 Å². The highest BCUT2D eigenvalue weighted by atomic mass is 35.5. The Hall–Kier alpha value is -1.93. The minimum absolute atomic E-state index is 0.133. The second kappa shape index (κ2) is 6.52. The second-order valence-electron chi connectivity index (χ2n) is 4.83. The van der Waals surface area contributed by atoms with Crippen molar-refractivity contribution in [3.63, 3.8) is 0 Å². The number of halogens is 4. The van der Waals surface area contributed by atoms with Crippen molar-refractivity contribution < 1.29 is 30.5 Å². The van der Waals surface area contributed by atoms with Crippen LogP contribution in [0, 0.1) is 6.92 Å². The van der Waals surface area contributed by atoms with Crippen LogP contribution in [-0.4, -0.2) is 15.5 Å². The van der Waals surface area contributed by atoms with E-state index >= 15 is 0 Å². The molecule has 0 aliphatic rings. The summed E-state index contributed by atoms with van der Waals surface area (Å²) in [6.07, 6.45) is -4.79. The number of hydrogen-bond donors (Lipinski definition) is 0. The zero-order chi connectivity index (χ0) is 18.1. The lowest BCUT2D eigenvalue weighted by Gasteiger charge is -2.13. The van der Waals surface area contributed by atoms with Crippen molar-refractivity contribution >= 4 is 21.7 Å². The van der Waals surface area contributed by atoms with E-state index in [0.29, 0.717) is 6.07 Å². The van der Waals surface area contributed by atoms with Crippen molar-refractivity contribution in [3.8, 4) is 11.5 Å². The maximum absolute atomic E-state index is 12.9. The molecule has 0 unspecified atom stereocenters. The van der Waals surface area contributed by atoms with Gasteiger partial charge in [0.15, 0.2) is 11.5 Å². The largest absolute Gasteiger partial charge is 0.493 e. The third kappa shape index (κ3) is 3.93. The number of benzene rings is 2. The molecular weight excluding hydrogens is 369 g/mol. The quantitative estimate of drug-likeness (QED) is 0.736. The van der Waals surface area contributed by atoms with Crippen LogP contribution in [0.1, 0.15) is 11.1 Å². The zero-order valence-electron chi connectivity index (χ0n) is 12.5. The predicted molar refractivity (Wildman–Crippen MR) is 82.0 cm³/mol. The Morgan fingerprint density at radius 1 is 1.04 bits per heavy atom. The van der Waals surface area contributed by atoms with Gasteiger partial charge in [0, 0.05) is 0 Å². The molecule has 9 heteroatoms. The maximum atomic E-state index is 12.9. The fourth-order valence-corrected chi connectivity index (χ4v) is 3.08. The third-order valence-corrected chi connectivity index (χ3v) is 4.61. The van der Waals surface area contributed by atoms with Crippen LogP contribution in [0.5, 0.6) is 11.5 Å². The number of hydrogen-bond acceptors (Lipinski definition) is 4. The van der Waals surface area contributed by atoms with Crippen molar-refractivity contribution in [1.82, 2.24) is 0 Å². The van der Waals surface area contributed by atoms with Crippen LogP contribution in [-0.2, 0) is 16.3 Å². The monoisotopic (exact) mass is 380 g/mol. The highest BCUT2D eigenvalue weighted by Gasteiger charge is 2.35. The molecule has 0 amide bonds. The Morgan fingerprint density at radius 3 is 2.29 bits per heavy atom. The zero-order valence-corrected chi connectivity index (χ0v) is 14.1. The summed E-state index contributed by atoms with van der Waals surface area (Å²) in [5.74, 6) is 0.00944. The maximum Gasteiger partial charge on any atom is 0.417 e. The van der Waals surface area contributed by atoms with E-state index in [2.05, 4.69) is 0 Å². The van der Waals surface area contributed by atoms with Crippen LogP contribution >= 0.6 is 11.6 Å². The first-order chi connectivity index (χ1) is 11.0. The van der Waals surface area contributed by atoms with Gasteiger partial charge in [0.2, 0.25) is 0 Å². The van der Waals surface area contributed by atoms with E-state index in [9.17, 15) is 21.6 Å². The Kier molecular flexibility index (Phi) is 5.00. The van der Waals surface area contributed by atoms with Crippen LogP contribution in [0.3, 0.4) is 0 Å². The summed E-state index contributed by atoms with van der Waals surface area (Å²) in [5, 5.41) is -0.602. The lowest BCUT2D eigenvalue weighted by molar-refractivity contribution is -0.137. The summed E-state index contributed by atoms with van der Waals surface area (Å²) in [7, 11) is -3.18. The number of ether oxygens (including phenoxy) is 1. The lowest BCUT2D eigenvalue weighted by atomic mass is 10.2. The van der Waals surface area contributed by atoms with Crippen molar-refractivity contribution in [1.29, 1.82) is 0 Å². The number of aryl methyl sites for hydroxylation is 1. The molecule has 0 bridgehead atoms. The Balaban J connectivity index is 2.45. The molecule has 0 spiro atoms. The normalized spacial score (nSPS) is 12.1. The second-order valence-corrected chi connectivity index (χ2v) is 6.78. The van der Waals surface area contributed by atoms with E-state index in [-0.39, 0.29) is 11.5 Å². The van der Waals surface area contributed by atoms with Crippen LogP contribution in [0.25, 0.3) is 0 Å². The number of methoxy groups -OCH3 is 1. The molecule has 130 valence electrons. The van der Waals surface area contributed by atoms with E-state index in [1.54, 1.807) is 13.0 Å². The molecule has 0 aliphatic heterocycles. The molecule has 0 atom stereocenters. The van der Waals surface area contributed by atoms with Gasteiger partial charge >= 0.3 is 16.3 Å². The summed E-state index contributed by atoms with van der Waals surface area (Å²) < 4.78 is 73.0.